The van der Waals surface area contributed by atoms with Gasteiger partial charge in [0.1, 0.15) is 5.78 Å². The van der Waals surface area contributed by atoms with Crippen LogP contribution in [0.4, 0.5) is 0 Å². The number of fused-ring (bicyclic) bond motifs is 2. The minimum absolute atomic E-state index is 0.303. The molecule has 0 spiro atoms. The zero-order valence-electron chi connectivity index (χ0n) is 10.2. The predicted octanol–water partition coefficient (Wildman–Crippen LogP) is 1.90. The Morgan fingerprint density at radius 3 is 2.62 bits per heavy atom. The van der Waals surface area contributed by atoms with Crippen molar-refractivity contribution in [3.8, 4) is 0 Å². The van der Waals surface area contributed by atoms with Crippen LogP contribution in [-0.2, 0) is 9.53 Å². The summed E-state index contributed by atoms with van der Waals surface area (Å²) in [6, 6.07) is 1.21. The number of carbonyl (C=O) groups is 1. The largest absolute Gasteiger partial charge is 0.381 e. The smallest absolute Gasteiger partial charge is 0.138 e. The number of Topliss-reactive ketones (excluding diaryl/α,β-unsaturated/α-hetero) is 1. The van der Waals surface area contributed by atoms with E-state index in [2.05, 4.69) is 5.32 Å². The SMILES string of the molecule is CCOCCC(=O)C1CC2CCCC(C1)N2. The number of ether oxygens (including phenoxy) is 1. The lowest BCUT2D eigenvalue weighted by Crippen LogP contribution is -2.50. The van der Waals surface area contributed by atoms with E-state index in [4.69, 9.17) is 4.74 Å². The average Bonchev–Trinajstić information content (AvgIpc) is 2.28. The molecular formula is C13H23NO2. The van der Waals surface area contributed by atoms with Crippen LogP contribution in [0.2, 0.25) is 0 Å². The van der Waals surface area contributed by atoms with Crippen LogP contribution >= 0.6 is 0 Å². The third-order valence-electron chi connectivity index (χ3n) is 3.87. The quantitative estimate of drug-likeness (QED) is 0.726. The molecule has 0 aromatic heterocycles. The van der Waals surface area contributed by atoms with Crippen molar-refractivity contribution >= 4 is 5.78 Å². The van der Waals surface area contributed by atoms with E-state index in [0.29, 0.717) is 43.4 Å². The predicted molar refractivity (Wildman–Crippen MR) is 63.4 cm³/mol. The first kappa shape index (κ1) is 12.1. The normalized spacial score (nSPS) is 33.7. The fourth-order valence-corrected chi connectivity index (χ4v) is 3.05. The lowest BCUT2D eigenvalue weighted by Gasteiger charge is -2.39. The van der Waals surface area contributed by atoms with Gasteiger partial charge < -0.3 is 10.1 Å². The van der Waals surface area contributed by atoms with Crippen molar-refractivity contribution in [2.24, 2.45) is 5.92 Å². The standard InChI is InChI=1S/C13H23NO2/c1-2-16-7-6-13(15)10-8-11-4-3-5-12(9-10)14-11/h10-12,14H,2-9H2,1H3. The number of nitrogens with one attached hydrogen (secondary N) is 1. The maximum atomic E-state index is 12.0. The molecule has 0 saturated carbocycles. The molecule has 2 unspecified atom stereocenters. The fraction of sp³-hybridized carbons (Fsp3) is 0.923. The molecule has 2 bridgehead atoms. The van der Waals surface area contributed by atoms with E-state index in [1.54, 1.807) is 0 Å². The zero-order valence-corrected chi connectivity index (χ0v) is 10.2. The number of piperidine rings is 2. The van der Waals surface area contributed by atoms with E-state index in [1.807, 2.05) is 6.92 Å². The van der Waals surface area contributed by atoms with Crippen molar-refractivity contribution < 1.29 is 9.53 Å². The number of hydrogen-bond donors (Lipinski definition) is 1. The Bertz CT molecular complexity index is 230. The summed E-state index contributed by atoms with van der Waals surface area (Å²) in [5.74, 6) is 0.726. The summed E-state index contributed by atoms with van der Waals surface area (Å²) in [7, 11) is 0. The molecule has 2 heterocycles. The molecule has 2 saturated heterocycles. The van der Waals surface area contributed by atoms with E-state index in [0.717, 1.165) is 12.8 Å². The molecule has 2 fully saturated rings. The molecule has 0 radical (unpaired) electrons. The van der Waals surface area contributed by atoms with Crippen LogP contribution in [0.25, 0.3) is 0 Å². The Kier molecular flexibility index (Phi) is 4.36. The molecule has 16 heavy (non-hydrogen) atoms. The van der Waals surface area contributed by atoms with Gasteiger partial charge in [-0.25, -0.2) is 0 Å². The monoisotopic (exact) mass is 225 g/mol. The van der Waals surface area contributed by atoms with Gasteiger partial charge in [-0.3, -0.25) is 4.79 Å². The summed E-state index contributed by atoms with van der Waals surface area (Å²) in [6.07, 6.45) is 6.57. The summed E-state index contributed by atoms with van der Waals surface area (Å²) in [6.45, 7) is 3.29. The Hall–Kier alpha value is -0.410. The first-order chi connectivity index (χ1) is 7.79. The Balaban J connectivity index is 1.78. The highest BCUT2D eigenvalue weighted by Crippen LogP contribution is 2.30. The zero-order chi connectivity index (χ0) is 11.4. The number of hydrogen-bond acceptors (Lipinski definition) is 3. The van der Waals surface area contributed by atoms with Gasteiger partial charge in [0.2, 0.25) is 0 Å². The highest BCUT2D eigenvalue weighted by Gasteiger charge is 2.33. The molecule has 92 valence electrons. The summed E-state index contributed by atoms with van der Waals surface area (Å²) >= 11 is 0. The molecule has 0 aliphatic carbocycles. The first-order valence-corrected chi connectivity index (χ1v) is 6.66. The molecule has 0 aromatic rings. The molecule has 3 nitrogen and oxygen atoms in total. The molecule has 2 aliphatic heterocycles. The van der Waals surface area contributed by atoms with Crippen molar-refractivity contribution in [2.75, 3.05) is 13.2 Å². The maximum Gasteiger partial charge on any atom is 0.138 e. The second kappa shape index (κ2) is 5.78. The van der Waals surface area contributed by atoms with Gasteiger partial charge in [0.05, 0.1) is 6.61 Å². The third kappa shape index (κ3) is 3.05. The van der Waals surface area contributed by atoms with Crippen LogP contribution < -0.4 is 5.32 Å². The van der Waals surface area contributed by atoms with Gasteiger partial charge in [0.15, 0.2) is 0 Å². The van der Waals surface area contributed by atoms with Crippen LogP contribution in [0.3, 0.4) is 0 Å². The van der Waals surface area contributed by atoms with Crippen molar-refractivity contribution in [1.29, 1.82) is 0 Å². The number of ketones is 1. The second-order valence-corrected chi connectivity index (χ2v) is 5.07. The van der Waals surface area contributed by atoms with Crippen molar-refractivity contribution in [1.82, 2.24) is 5.32 Å². The summed E-state index contributed by atoms with van der Waals surface area (Å²) in [5, 5.41) is 3.62. The molecule has 1 N–H and O–H groups in total. The average molecular weight is 225 g/mol. The van der Waals surface area contributed by atoms with Gasteiger partial charge in [-0.05, 0) is 32.6 Å². The summed E-state index contributed by atoms with van der Waals surface area (Å²) in [4.78, 5) is 12.0. The van der Waals surface area contributed by atoms with E-state index >= 15 is 0 Å². The van der Waals surface area contributed by atoms with Gasteiger partial charge in [0.25, 0.3) is 0 Å². The van der Waals surface area contributed by atoms with Crippen LogP contribution in [0.1, 0.15) is 45.4 Å². The number of rotatable bonds is 5. The van der Waals surface area contributed by atoms with Crippen LogP contribution in [-0.4, -0.2) is 31.1 Å². The van der Waals surface area contributed by atoms with E-state index in [1.165, 1.54) is 19.3 Å². The molecule has 2 rings (SSSR count). The minimum Gasteiger partial charge on any atom is -0.381 e. The molecule has 2 aliphatic rings. The van der Waals surface area contributed by atoms with Gasteiger partial charge in [-0.1, -0.05) is 6.42 Å². The highest BCUT2D eigenvalue weighted by molar-refractivity contribution is 5.81. The van der Waals surface area contributed by atoms with Crippen molar-refractivity contribution in [2.45, 2.75) is 57.5 Å². The summed E-state index contributed by atoms with van der Waals surface area (Å²) in [5.41, 5.74) is 0. The highest BCUT2D eigenvalue weighted by atomic mass is 16.5. The second-order valence-electron chi connectivity index (χ2n) is 5.07. The first-order valence-electron chi connectivity index (χ1n) is 6.66. The van der Waals surface area contributed by atoms with Crippen LogP contribution in [0, 0.1) is 5.92 Å². The van der Waals surface area contributed by atoms with Crippen molar-refractivity contribution in [3.63, 3.8) is 0 Å². The van der Waals surface area contributed by atoms with Gasteiger partial charge in [-0.15, -0.1) is 0 Å². The van der Waals surface area contributed by atoms with Gasteiger partial charge >= 0.3 is 0 Å². The minimum atomic E-state index is 0.303. The lowest BCUT2D eigenvalue weighted by atomic mass is 9.78. The Labute approximate surface area is 97.9 Å². The van der Waals surface area contributed by atoms with Crippen molar-refractivity contribution in [3.05, 3.63) is 0 Å². The van der Waals surface area contributed by atoms with Gasteiger partial charge in [0, 0.05) is 31.0 Å². The number of carbonyl (C=O) groups excluding carboxylic acids is 1. The molecule has 2 atom stereocenters. The Morgan fingerprint density at radius 1 is 1.31 bits per heavy atom. The maximum absolute atomic E-state index is 12.0. The molecular weight excluding hydrogens is 202 g/mol. The third-order valence-corrected chi connectivity index (χ3v) is 3.87. The van der Waals surface area contributed by atoms with E-state index in [-0.39, 0.29) is 0 Å². The molecule has 0 amide bonds. The topological polar surface area (TPSA) is 38.3 Å². The van der Waals surface area contributed by atoms with E-state index < -0.39 is 0 Å². The lowest BCUT2D eigenvalue weighted by molar-refractivity contribution is -0.125. The fourth-order valence-electron chi connectivity index (χ4n) is 3.05. The van der Waals surface area contributed by atoms with Gasteiger partial charge in [-0.2, -0.15) is 0 Å². The van der Waals surface area contributed by atoms with Crippen LogP contribution in [0.5, 0.6) is 0 Å². The Morgan fingerprint density at radius 2 is 2.00 bits per heavy atom. The summed E-state index contributed by atoms with van der Waals surface area (Å²) < 4.78 is 5.25. The van der Waals surface area contributed by atoms with Crippen LogP contribution in [0.15, 0.2) is 0 Å². The molecule has 3 heteroatoms. The molecule has 0 aromatic carbocycles. The van der Waals surface area contributed by atoms with E-state index in [9.17, 15) is 4.79 Å².